The Balaban J connectivity index is 1.15. The first-order chi connectivity index (χ1) is 18.1. The number of piperidine rings is 1. The zero-order valence-corrected chi connectivity index (χ0v) is 20.5. The summed E-state index contributed by atoms with van der Waals surface area (Å²) in [5.74, 6) is 1.30. The highest BCUT2D eigenvalue weighted by Crippen LogP contribution is 2.26. The minimum Gasteiger partial charge on any atom is -0.497 e. The number of carbonyl (C=O) groups excluding carboxylic acids is 1. The molecule has 2 aromatic heterocycles. The molecule has 0 aliphatic carbocycles. The number of rotatable bonds is 7. The van der Waals surface area contributed by atoms with Crippen molar-refractivity contribution < 1.29 is 13.9 Å². The van der Waals surface area contributed by atoms with Gasteiger partial charge in [0.2, 0.25) is 5.91 Å². The molecule has 5 rings (SSSR count). The van der Waals surface area contributed by atoms with Gasteiger partial charge in [0.1, 0.15) is 30.0 Å². The highest BCUT2D eigenvalue weighted by molar-refractivity contribution is 5.79. The first kappa shape index (κ1) is 24.3. The van der Waals surface area contributed by atoms with Crippen LogP contribution in [0.2, 0.25) is 0 Å². The molecule has 0 bridgehead atoms. The standard InChI is InChI=1S/C28H27FN6O2/c1-37-24-8-4-20(5-9-24)26-15-27(34-18-33-26)35-12-10-21(11-13-35)28(36)30-16-23-14-25(32-17-31-23)19-2-6-22(29)7-3-19/h2-9,14-15,17-18,21H,10-13,16H2,1H3,(H,30,36). The van der Waals surface area contributed by atoms with Gasteiger partial charge >= 0.3 is 0 Å². The lowest BCUT2D eigenvalue weighted by molar-refractivity contribution is -0.125. The molecule has 8 nitrogen and oxygen atoms in total. The van der Waals surface area contributed by atoms with Crippen LogP contribution in [-0.2, 0) is 11.3 Å². The SMILES string of the molecule is COc1ccc(-c2cc(N3CCC(C(=O)NCc4cc(-c5ccc(F)cc5)ncn4)CC3)ncn2)cc1. The van der Waals surface area contributed by atoms with Crippen LogP contribution in [0.15, 0.2) is 73.3 Å². The maximum atomic E-state index is 13.2. The van der Waals surface area contributed by atoms with Crippen molar-refractivity contribution in [3.63, 3.8) is 0 Å². The number of hydrogen-bond donors (Lipinski definition) is 1. The zero-order chi connectivity index (χ0) is 25.6. The largest absolute Gasteiger partial charge is 0.497 e. The Hall–Kier alpha value is -4.40. The average molecular weight is 499 g/mol. The number of amides is 1. The molecular weight excluding hydrogens is 471 g/mol. The fraction of sp³-hybridized carbons (Fsp3) is 0.250. The third kappa shape index (κ3) is 5.88. The van der Waals surface area contributed by atoms with Crippen molar-refractivity contribution in [2.75, 3.05) is 25.1 Å². The second kappa shape index (κ2) is 11.1. The Labute approximate surface area is 214 Å². The smallest absolute Gasteiger partial charge is 0.223 e. The monoisotopic (exact) mass is 498 g/mol. The van der Waals surface area contributed by atoms with Crippen molar-refractivity contribution in [3.05, 3.63) is 84.8 Å². The summed E-state index contributed by atoms with van der Waals surface area (Å²) >= 11 is 0. The molecule has 0 spiro atoms. The van der Waals surface area contributed by atoms with Gasteiger partial charge in [-0.1, -0.05) is 0 Å². The van der Waals surface area contributed by atoms with E-state index < -0.39 is 0 Å². The first-order valence-corrected chi connectivity index (χ1v) is 12.1. The van der Waals surface area contributed by atoms with Gasteiger partial charge < -0.3 is 15.0 Å². The summed E-state index contributed by atoms with van der Waals surface area (Å²) in [5, 5.41) is 3.01. The second-order valence-electron chi connectivity index (χ2n) is 8.87. The average Bonchev–Trinajstić information content (AvgIpc) is 2.96. The van der Waals surface area contributed by atoms with Crippen molar-refractivity contribution in [2.24, 2.45) is 5.92 Å². The summed E-state index contributed by atoms with van der Waals surface area (Å²) in [4.78, 5) is 32.4. The van der Waals surface area contributed by atoms with Gasteiger partial charge in [-0.25, -0.2) is 24.3 Å². The van der Waals surface area contributed by atoms with Crippen LogP contribution in [0.3, 0.4) is 0 Å². The van der Waals surface area contributed by atoms with Crippen LogP contribution in [0, 0.1) is 11.7 Å². The molecule has 9 heteroatoms. The van der Waals surface area contributed by atoms with E-state index in [4.69, 9.17) is 4.74 Å². The number of nitrogens with zero attached hydrogens (tertiary/aromatic N) is 5. The molecule has 37 heavy (non-hydrogen) atoms. The summed E-state index contributed by atoms with van der Waals surface area (Å²) in [6, 6.07) is 17.7. The number of ether oxygens (including phenoxy) is 1. The maximum absolute atomic E-state index is 13.2. The van der Waals surface area contributed by atoms with Gasteiger partial charge in [0.25, 0.3) is 0 Å². The topological polar surface area (TPSA) is 93.1 Å². The second-order valence-corrected chi connectivity index (χ2v) is 8.87. The number of aromatic nitrogens is 4. The fourth-order valence-electron chi connectivity index (χ4n) is 4.41. The normalized spacial score (nSPS) is 13.8. The lowest BCUT2D eigenvalue weighted by atomic mass is 9.96. The Kier molecular flexibility index (Phi) is 7.30. The molecule has 1 N–H and O–H groups in total. The van der Waals surface area contributed by atoms with Gasteiger partial charge in [-0.3, -0.25) is 4.79 Å². The Morgan fingerprint density at radius 3 is 2.22 bits per heavy atom. The molecule has 4 aromatic rings. The van der Waals surface area contributed by atoms with Crippen LogP contribution in [-0.4, -0.2) is 46.0 Å². The predicted molar refractivity (Wildman–Crippen MR) is 138 cm³/mol. The van der Waals surface area contributed by atoms with E-state index in [2.05, 4.69) is 30.2 Å². The van der Waals surface area contributed by atoms with Crippen LogP contribution in [0.4, 0.5) is 10.2 Å². The molecule has 1 fully saturated rings. The van der Waals surface area contributed by atoms with Crippen molar-refractivity contribution in [1.29, 1.82) is 0 Å². The highest BCUT2D eigenvalue weighted by Gasteiger charge is 2.26. The number of nitrogens with one attached hydrogen (secondary N) is 1. The van der Waals surface area contributed by atoms with Crippen LogP contribution in [0.5, 0.6) is 5.75 Å². The number of anilines is 1. The molecule has 188 valence electrons. The van der Waals surface area contributed by atoms with Gasteiger partial charge in [-0.2, -0.15) is 0 Å². The van der Waals surface area contributed by atoms with E-state index in [0.29, 0.717) is 17.9 Å². The van der Waals surface area contributed by atoms with Crippen LogP contribution >= 0.6 is 0 Å². The molecular formula is C28H27FN6O2. The van der Waals surface area contributed by atoms with Crippen molar-refractivity contribution in [1.82, 2.24) is 25.3 Å². The lowest BCUT2D eigenvalue weighted by Gasteiger charge is -2.32. The van der Waals surface area contributed by atoms with Gasteiger partial charge in [0.05, 0.1) is 30.7 Å². The van der Waals surface area contributed by atoms with Gasteiger partial charge in [0.15, 0.2) is 0 Å². The van der Waals surface area contributed by atoms with E-state index in [1.54, 1.807) is 25.6 Å². The summed E-state index contributed by atoms with van der Waals surface area (Å²) < 4.78 is 18.4. The third-order valence-electron chi connectivity index (χ3n) is 6.54. The van der Waals surface area contributed by atoms with Crippen molar-refractivity contribution in [2.45, 2.75) is 19.4 Å². The molecule has 1 saturated heterocycles. The minimum absolute atomic E-state index is 0.0169. The van der Waals surface area contributed by atoms with E-state index in [1.807, 2.05) is 36.4 Å². The quantitative estimate of drug-likeness (QED) is 0.407. The molecule has 1 aliphatic heterocycles. The van der Waals surface area contributed by atoms with Crippen LogP contribution in [0.1, 0.15) is 18.5 Å². The first-order valence-electron chi connectivity index (χ1n) is 12.1. The highest BCUT2D eigenvalue weighted by atomic mass is 19.1. The lowest BCUT2D eigenvalue weighted by Crippen LogP contribution is -2.40. The molecule has 3 heterocycles. The summed E-state index contributed by atoms with van der Waals surface area (Å²) in [7, 11) is 1.64. The Bertz CT molecular complexity index is 1360. The van der Waals surface area contributed by atoms with E-state index in [9.17, 15) is 9.18 Å². The molecule has 0 atom stereocenters. The molecule has 0 saturated carbocycles. The van der Waals surface area contributed by atoms with Crippen LogP contribution in [0.25, 0.3) is 22.5 Å². The predicted octanol–water partition coefficient (Wildman–Crippen LogP) is 4.28. The van der Waals surface area contributed by atoms with Crippen molar-refractivity contribution in [3.8, 4) is 28.3 Å². The van der Waals surface area contributed by atoms with E-state index in [-0.39, 0.29) is 17.6 Å². The number of benzene rings is 2. The van der Waals surface area contributed by atoms with E-state index in [0.717, 1.165) is 54.3 Å². The van der Waals surface area contributed by atoms with E-state index in [1.165, 1.54) is 18.5 Å². The summed E-state index contributed by atoms with van der Waals surface area (Å²) in [5.41, 5.74) is 4.02. The maximum Gasteiger partial charge on any atom is 0.223 e. The Morgan fingerprint density at radius 2 is 1.54 bits per heavy atom. The molecule has 1 amide bonds. The van der Waals surface area contributed by atoms with Crippen LogP contribution < -0.4 is 15.0 Å². The van der Waals surface area contributed by atoms with Gasteiger partial charge in [-0.05, 0) is 67.4 Å². The fourth-order valence-corrected chi connectivity index (χ4v) is 4.41. The van der Waals surface area contributed by atoms with Gasteiger partial charge in [0, 0.05) is 36.2 Å². The Morgan fingerprint density at radius 1 is 0.919 bits per heavy atom. The summed E-state index contributed by atoms with van der Waals surface area (Å²) in [6.07, 6.45) is 4.51. The number of hydrogen-bond acceptors (Lipinski definition) is 7. The van der Waals surface area contributed by atoms with E-state index >= 15 is 0 Å². The minimum atomic E-state index is -0.297. The zero-order valence-electron chi connectivity index (χ0n) is 20.5. The number of carbonyl (C=O) groups is 1. The molecule has 1 aliphatic rings. The molecule has 0 radical (unpaired) electrons. The number of halogens is 1. The molecule has 0 unspecified atom stereocenters. The number of methoxy groups -OCH3 is 1. The summed E-state index contributed by atoms with van der Waals surface area (Å²) in [6.45, 7) is 1.78. The van der Waals surface area contributed by atoms with Gasteiger partial charge in [-0.15, -0.1) is 0 Å². The third-order valence-corrected chi connectivity index (χ3v) is 6.54. The molecule has 2 aromatic carbocycles. The van der Waals surface area contributed by atoms with Crippen molar-refractivity contribution >= 4 is 11.7 Å².